The smallest absolute Gasteiger partial charge is 0.220 e. The summed E-state index contributed by atoms with van der Waals surface area (Å²) < 4.78 is 11.5. The topological polar surface area (TPSA) is 54.7 Å². The number of amides is 1. The number of hydrogen-bond acceptors (Lipinski definition) is 4. The molecule has 6 heteroatoms. The fourth-order valence-corrected chi connectivity index (χ4v) is 3.56. The number of carbonyl (C=O) groups is 1. The van der Waals surface area contributed by atoms with Crippen LogP contribution in [0.15, 0.2) is 40.8 Å². The second-order valence-electron chi connectivity index (χ2n) is 6.89. The SMILES string of the molecule is Cc1ccc(C(CNC(=O)CCCOc2ccccc2Cl)N2CCCC2)o1. The second-order valence-corrected chi connectivity index (χ2v) is 7.30. The molecule has 1 aliphatic heterocycles. The highest BCUT2D eigenvalue weighted by Crippen LogP contribution is 2.26. The van der Waals surface area contributed by atoms with Gasteiger partial charge in [-0.05, 0) is 63.5 Å². The van der Waals surface area contributed by atoms with Crippen LogP contribution in [0.5, 0.6) is 5.75 Å². The van der Waals surface area contributed by atoms with E-state index in [0.29, 0.717) is 36.8 Å². The molecule has 0 spiro atoms. The van der Waals surface area contributed by atoms with Gasteiger partial charge in [-0.3, -0.25) is 9.69 Å². The molecule has 1 saturated heterocycles. The van der Waals surface area contributed by atoms with Gasteiger partial charge in [0.05, 0.1) is 17.7 Å². The van der Waals surface area contributed by atoms with Crippen LogP contribution in [0.1, 0.15) is 43.2 Å². The summed E-state index contributed by atoms with van der Waals surface area (Å²) in [5.41, 5.74) is 0. The van der Waals surface area contributed by atoms with Gasteiger partial charge in [0.1, 0.15) is 17.3 Å². The molecule has 1 aromatic carbocycles. The van der Waals surface area contributed by atoms with Crippen molar-refractivity contribution in [1.82, 2.24) is 10.2 Å². The summed E-state index contributed by atoms with van der Waals surface area (Å²) in [6.45, 7) is 5.07. The van der Waals surface area contributed by atoms with Crippen LogP contribution in [0, 0.1) is 6.92 Å². The number of nitrogens with one attached hydrogen (secondary N) is 1. The molecule has 2 aromatic rings. The summed E-state index contributed by atoms with van der Waals surface area (Å²) in [5.74, 6) is 2.51. The molecule has 2 heterocycles. The van der Waals surface area contributed by atoms with Crippen molar-refractivity contribution in [3.8, 4) is 5.75 Å². The second kappa shape index (κ2) is 9.81. The van der Waals surface area contributed by atoms with Gasteiger partial charge < -0.3 is 14.5 Å². The Morgan fingerprint density at radius 1 is 1.26 bits per heavy atom. The molecular weight excluding hydrogens is 364 g/mol. The minimum Gasteiger partial charge on any atom is -0.492 e. The Balaban J connectivity index is 1.43. The normalized spacial score (nSPS) is 15.6. The first-order valence-electron chi connectivity index (χ1n) is 9.58. The quantitative estimate of drug-likeness (QED) is 0.646. The summed E-state index contributed by atoms with van der Waals surface area (Å²) in [6, 6.07) is 11.5. The summed E-state index contributed by atoms with van der Waals surface area (Å²) in [4.78, 5) is 14.6. The third kappa shape index (κ3) is 5.75. The highest BCUT2D eigenvalue weighted by molar-refractivity contribution is 6.32. The third-order valence-electron chi connectivity index (χ3n) is 4.81. The largest absolute Gasteiger partial charge is 0.492 e. The van der Waals surface area contributed by atoms with Gasteiger partial charge in [0.15, 0.2) is 0 Å². The maximum atomic E-state index is 12.2. The Bertz CT molecular complexity index is 741. The summed E-state index contributed by atoms with van der Waals surface area (Å²) in [5, 5.41) is 3.64. The predicted molar refractivity (Wildman–Crippen MR) is 106 cm³/mol. The van der Waals surface area contributed by atoms with Crippen LogP contribution in [0.2, 0.25) is 5.02 Å². The zero-order valence-electron chi connectivity index (χ0n) is 15.7. The highest BCUT2D eigenvalue weighted by Gasteiger charge is 2.26. The number of ether oxygens (including phenoxy) is 1. The Morgan fingerprint density at radius 3 is 2.74 bits per heavy atom. The van der Waals surface area contributed by atoms with E-state index in [1.165, 1.54) is 12.8 Å². The Labute approximate surface area is 165 Å². The number of para-hydroxylation sites is 1. The van der Waals surface area contributed by atoms with E-state index in [1.807, 2.05) is 37.3 Å². The summed E-state index contributed by atoms with van der Waals surface area (Å²) in [7, 11) is 0. The molecule has 5 nitrogen and oxygen atoms in total. The van der Waals surface area contributed by atoms with Crippen LogP contribution in [0.3, 0.4) is 0 Å². The minimum absolute atomic E-state index is 0.0326. The van der Waals surface area contributed by atoms with Crippen molar-refractivity contribution in [2.45, 2.75) is 38.6 Å². The fourth-order valence-electron chi connectivity index (χ4n) is 3.37. The number of aryl methyl sites for hydroxylation is 1. The molecule has 0 bridgehead atoms. The van der Waals surface area contributed by atoms with Gasteiger partial charge in [-0.25, -0.2) is 0 Å². The van der Waals surface area contributed by atoms with E-state index in [2.05, 4.69) is 10.2 Å². The van der Waals surface area contributed by atoms with E-state index in [-0.39, 0.29) is 11.9 Å². The van der Waals surface area contributed by atoms with E-state index in [0.717, 1.165) is 24.6 Å². The van der Waals surface area contributed by atoms with Gasteiger partial charge in [-0.15, -0.1) is 0 Å². The molecule has 1 atom stereocenters. The van der Waals surface area contributed by atoms with Crippen LogP contribution in [0.25, 0.3) is 0 Å². The van der Waals surface area contributed by atoms with Crippen molar-refractivity contribution in [3.63, 3.8) is 0 Å². The zero-order valence-corrected chi connectivity index (χ0v) is 16.5. The maximum Gasteiger partial charge on any atom is 0.220 e. The van der Waals surface area contributed by atoms with Gasteiger partial charge in [0, 0.05) is 13.0 Å². The van der Waals surface area contributed by atoms with Gasteiger partial charge in [-0.1, -0.05) is 23.7 Å². The van der Waals surface area contributed by atoms with Crippen molar-refractivity contribution in [2.24, 2.45) is 0 Å². The third-order valence-corrected chi connectivity index (χ3v) is 5.12. The summed E-state index contributed by atoms with van der Waals surface area (Å²) in [6.07, 6.45) is 3.46. The van der Waals surface area contributed by atoms with E-state index in [4.69, 9.17) is 20.8 Å². The monoisotopic (exact) mass is 390 g/mol. The lowest BCUT2D eigenvalue weighted by atomic mass is 10.2. The summed E-state index contributed by atoms with van der Waals surface area (Å²) >= 11 is 6.05. The number of halogens is 1. The Hall–Kier alpha value is -1.98. The lowest BCUT2D eigenvalue weighted by molar-refractivity contribution is -0.121. The molecular formula is C21H27ClN2O3. The fraction of sp³-hybridized carbons (Fsp3) is 0.476. The molecule has 1 aliphatic rings. The standard InChI is InChI=1S/C21H27ClN2O3/c1-16-10-11-20(27-16)18(24-12-4-5-13-24)15-23-21(25)9-6-14-26-19-8-3-2-7-17(19)22/h2-3,7-8,10-11,18H,4-6,9,12-15H2,1H3,(H,23,25). The highest BCUT2D eigenvalue weighted by atomic mass is 35.5. The lowest BCUT2D eigenvalue weighted by Gasteiger charge is -2.26. The average Bonchev–Trinajstić information content (AvgIpc) is 3.33. The zero-order chi connectivity index (χ0) is 19.1. The predicted octanol–water partition coefficient (Wildman–Crippen LogP) is 4.35. The number of nitrogens with zero attached hydrogens (tertiary/aromatic N) is 1. The molecule has 3 rings (SSSR count). The molecule has 1 amide bonds. The first-order chi connectivity index (χ1) is 13.1. The van der Waals surface area contributed by atoms with Crippen molar-refractivity contribution in [3.05, 3.63) is 52.9 Å². The van der Waals surface area contributed by atoms with Gasteiger partial charge in [0.2, 0.25) is 5.91 Å². The maximum absolute atomic E-state index is 12.2. The van der Waals surface area contributed by atoms with Crippen LogP contribution >= 0.6 is 11.6 Å². The lowest BCUT2D eigenvalue weighted by Crippen LogP contribution is -2.36. The number of rotatable bonds is 9. The van der Waals surface area contributed by atoms with Crippen LogP contribution in [0.4, 0.5) is 0 Å². The number of hydrogen-bond donors (Lipinski definition) is 1. The van der Waals surface area contributed by atoms with Crippen molar-refractivity contribution < 1.29 is 13.9 Å². The minimum atomic E-state index is 0.0326. The van der Waals surface area contributed by atoms with Crippen molar-refractivity contribution >= 4 is 17.5 Å². The number of carbonyl (C=O) groups excluding carboxylic acids is 1. The van der Waals surface area contributed by atoms with E-state index in [9.17, 15) is 4.79 Å². The molecule has 1 unspecified atom stereocenters. The molecule has 0 radical (unpaired) electrons. The number of likely N-dealkylation sites (tertiary alicyclic amines) is 1. The Kier molecular flexibility index (Phi) is 7.18. The van der Waals surface area contributed by atoms with Gasteiger partial charge in [0.25, 0.3) is 0 Å². The molecule has 0 aliphatic carbocycles. The van der Waals surface area contributed by atoms with Crippen molar-refractivity contribution in [1.29, 1.82) is 0 Å². The Morgan fingerprint density at radius 2 is 2.04 bits per heavy atom. The molecule has 1 fully saturated rings. The van der Waals surface area contributed by atoms with Crippen LogP contribution < -0.4 is 10.1 Å². The van der Waals surface area contributed by atoms with Crippen LogP contribution in [-0.2, 0) is 4.79 Å². The van der Waals surface area contributed by atoms with Crippen LogP contribution in [-0.4, -0.2) is 37.0 Å². The van der Waals surface area contributed by atoms with E-state index < -0.39 is 0 Å². The van der Waals surface area contributed by atoms with Crippen molar-refractivity contribution in [2.75, 3.05) is 26.2 Å². The van der Waals surface area contributed by atoms with E-state index >= 15 is 0 Å². The molecule has 27 heavy (non-hydrogen) atoms. The number of furan rings is 1. The molecule has 146 valence electrons. The van der Waals surface area contributed by atoms with E-state index in [1.54, 1.807) is 6.07 Å². The first-order valence-corrected chi connectivity index (χ1v) is 9.95. The van der Waals surface area contributed by atoms with Gasteiger partial charge in [-0.2, -0.15) is 0 Å². The van der Waals surface area contributed by atoms with Gasteiger partial charge >= 0.3 is 0 Å². The molecule has 0 saturated carbocycles. The number of benzene rings is 1. The molecule has 1 aromatic heterocycles. The molecule has 1 N–H and O–H groups in total. The average molecular weight is 391 g/mol. The first kappa shape index (κ1) is 19.8.